The summed E-state index contributed by atoms with van der Waals surface area (Å²) in [5.74, 6) is 0. The van der Waals surface area contributed by atoms with Gasteiger partial charge in [0.25, 0.3) is 0 Å². The summed E-state index contributed by atoms with van der Waals surface area (Å²) in [6.07, 6.45) is 3.11. The van der Waals surface area contributed by atoms with Crippen LogP contribution in [0.25, 0.3) is 0 Å². The summed E-state index contributed by atoms with van der Waals surface area (Å²) in [4.78, 5) is 6.50. The van der Waals surface area contributed by atoms with Crippen LogP contribution in [0.1, 0.15) is 12.0 Å². The van der Waals surface area contributed by atoms with Crippen molar-refractivity contribution in [1.29, 1.82) is 0 Å². The van der Waals surface area contributed by atoms with Crippen molar-refractivity contribution in [2.24, 2.45) is 4.99 Å². The molecule has 0 fully saturated rings. The number of benzene rings is 1. The maximum absolute atomic E-state index is 4.28. The Morgan fingerprint density at radius 3 is 2.85 bits per heavy atom. The van der Waals surface area contributed by atoms with Crippen LogP contribution in [0.4, 0.5) is 5.69 Å². The molecule has 2 heteroatoms. The minimum atomic E-state index is 0.975. The molecule has 0 saturated heterocycles. The maximum atomic E-state index is 4.28. The van der Waals surface area contributed by atoms with Crippen molar-refractivity contribution in [2.75, 3.05) is 18.0 Å². The normalized spacial score (nSPS) is 16.2. The van der Waals surface area contributed by atoms with Crippen LogP contribution >= 0.6 is 0 Å². The first-order valence-electron chi connectivity index (χ1n) is 4.70. The van der Waals surface area contributed by atoms with E-state index in [0.29, 0.717) is 0 Å². The summed E-state index contributed by atoms with van der Waals surface area (Å²) < 4.78 is 0. The van der Waals surface area contributed by atoms with E-state index in [-0.39, 0.29) is 0 Å². The Morgan fingerprint density at radius 2 is 2.15 bits per heavy atom. The van der Waals surface area contributed by atoms with Gasteiger partial charge < -0.3 is 4.90 Å². The SMILES string of the molecule is Cc1ccccc1N1C=NCCC1. The van der Waals surface area contributed by atoms with E-state index in [1.54, 1.807) is 0 Å². The maximum Gasteiger partial charge on any atom is 0.0894 e. The predicted octanol–water partition coefficient (Wildman–Crippen LogP) is 2.23. The zero-order valence-corrected chi connectivity index (χ0v) is 7.90. The Bertz CT molecular complexity index is 318. The lowest BCUT2D eigenvalue weighted by molar-refractivity contribution is 0.800. The fourth-order valence-electron chi connectivity index (χ4n) is 1.61. The van der Waals surface area contributed by atoms with Crippen LogP contribution in [0.5, 0.6) is 0 Å². The largest absolute Gasteiger partial charge is 0.332 e. The fourth-order valence-corrected chi connectivity index (χ4v) is 1.61. The van der Waals surface area contributed by atoms with Crippen molar-refractivity contribution in [1.82, 2.24) is 0 Å². The summed E-state index contributed by atoms with van der Waals surface area (Å²) in [5, 5.41) is 0. The number of para-hydroxylation sites is 1. The number of aryl methyl sites for hydroxylation is 1. The molecule has 2 rings (SSSR count). The van der Waals surface area contributed by atoms with Gasteiger partial charge in [0.2, 0.25) is 0 Å². The molecule has 68 valence electrons. The summed E-state index contributed by atoms with van der Waals surface area (Å²) in [5.41, 5.74) is 2.60. The third-order valence-electron chi connectivity index (χ3n) is 2.33. The van der Waals surface area contributed by atoms with Gasteiger partial charge in [0.05, 0.1) is 6.34 Å². The fraction of sp³-hybridized carbons (Fsp3) is 0.364. The lowest BCUT2D eigenvalue weighted by Gasteiger charge is -2.23. The van der Waals surface area contributed by atoms with Gasteiger partial charge >= 0.3 is 0 Å². The van der Waals surface area contributed by atoms with Gasteiger partial charge in [-0.05, 0) is 25.0 Å². The van der Waals surface area contributed by atoms with Crippen LogP contribution in [0.15, 0.2) is 29.3 Å². The van der Waals surface area contributed by atoms with Gasteiger partial charge in [0.1, 0.15) is 0 Å². The van der Waals surface area contributed by atoms with E-state index < -0.39 is 0 Å². The standard InChI is InChI=1S/C11H14N2/c1-10-5-2-3-6-11(10)13-8-4-7-12-9-13/h2-3,5-6,9H,4,7-8H2,1H3. The molecule has 0 atom stereocenters. The molecule has 0 aliphatic carbocycles. The van der Waals surface area contributed by atoms with Gasteiger partial charge in [-0.25, -0.2) is 0 Å². The number of nitrogens with zero attached hydrogens (tertiary/aromatic N) is 2. The summed E-state index contributed by atoms with van der Waals surface area (Å²) in [6, 6.07) is 8.43. The molecular formula is C11H14N2. The molecule has 1 heterocycles. The topological polar surface area (TPSA) is 15.6 Å². The van der Waals surface area contributed by atoms with Crippen molar-refractivity contribution in [3.63, 3.8) is 0 Å². The van der Waals surface area contributed by atoms with Crippen molar-refractivity contribution in [2.45, 2.75) is 13.3 Å². The molecular weight excluding hydrogens is 160 g/mol. The molecule has 0 saturated carbocycles. The lowest BCUT2D eigenvalue weighted by atomic mass is 10.2. The highest BCUT2D eigenvalue weighted by atomic mass is 15.2. The molecule has 1 aromatic carbocycles. The Hall–Kier alpha value is -1.31. The molecule has 13 heavy (non-hydrogen) atoms. The van der Waals surface area contributed by atoms with Gasteiger partial charge in [-0.2, -0.15) is 0 Å². The van der Waals surface area contributed by atoms with E-state index in [4.69, 9.17) is 0 Å². The first kappa shape index (κ1) is 8.30. The molecule has 1 aliphatic heterocycles. The van der Waals surface area contributed by atoms with Crippen LogP contribution < -0.4 is 4.90 Å². The number of anilines is 1. The number of hydrogen-bond donors (Lipinski definition) is 0. The second kappa shape index (κ2) is 3.60. The van der Waals surface area contributed by atoms with Crippen LogP contribution in [0.2, 0.25) is 0 Å². The third-order valence-corrected chi connectivity index (χ3v) is 2.33. The van der Waals surface area contributed by atoms with Crippen LogP contribution in [-0.2, 0) is 0 Å². The van der Waals surface area contributed by atoms with E-state index in [2.05, 4.69) is 41.1 Å². The van der Waals surface area contributed by atoms with E-state index in [0.717, 1.165) is 19.5 Å². The summed E-state index contributed by atoms with van der Waals surface area (Å²) in [7, 11) is 0. The van der Waals surface area contributed by atoms with Gasteiger partial charge in [-0.1, -0.05) is 18.2 Å². The smallest absolute Gasteiger partial charge is 0.0894 e. The first-order chi connectivity index (χ1) is 6.38. The van der Waals surface area contributed by atoms with E-state index in [1.165, 1.54) is 11.3 Å². The summed E-state index contributed by atoms with van der Waals surface area (Å²) >= 11 is 0. The molecule has 1 aromatic rings. The molecule has 0 N–H and O–H groups in total. The van der Waals surface area contributed by atoms with Gasteiger partial charge in [-0.3, -0.25) is 4.99 Å². The Balaban J connectivity index is 2.29. The average molecular weight is 174 g/mol. The molecule has 0 bridgehead atoms. The third kappa shape index (κ3) is 1.72. The molecule has 1 aliphatic rings. The summed E-state index contributed by atoms with van der Waals surface area (Å²) in [6.45, 7) is 4.20. The molecule has 0 unspecified atom stereocenters. The van der Waals surface area contributed by atoms with Crippen molar-refractivity contribution >= 4 is 12.0 Å². The predicted molar refractivity (Wildman–Crippen MR) is 56.5 cm³/mol. The highest BCUT2D eigenvalue weighted by molar-refractivity contribution is 5.81. The Kier molecular flexibility index (Phi) is 2.30. The van der Waals surface area contributed by atoms with Crippen molar-refractivity contribution in [3.8, 4) is 0 Å². The van der Waals surface area contributed by atoms with Gasteiger partial charge in [0, 0.05) is 18.8 Å². The zero-order valence-electron chi connectivity index (χ0n) is 7.90. The Morgan fingerprint density at radius 1 is 1.31 bits per heavy atom. The molecule has 0 amide bonds. The van der Waals surface area contributed by atoms with Crippen molar-refractivity contribution < 1.29 is 0 Å². The highest BCUT2D eigenvalue weighted by Crippen LogP contribution is 2.19. The van der Waals surface area contributed by atoms with Gasteiger partial charge in [-0.15, -0.1) is 0 Å². The second-order valence-corrected chi connectivity index (χ2v) is 3.36. The number of hydrogen-bond acceptors (Lipinski definition) is 2. The molecule has 2 nitrogen and oxygen atoms in total. The zero-order chi connectivity index (χ0) is 9.10. The van der Waals surface area contributed by atoms with Gasteiger partial charge in [0.15, 0.2) is 0 Å². The minimum Gasteiger partial charge on any atom is -0.332 e. The first-order valence-corrected chi connectivity index (χ1v) is 4.70. The Labute approximate surface area is 78.9 Å². The monoisotopic (exact) mass is 174 g/mol. The average Bonchev–Trinajstić information content (AvgIpc) is 2.20. The van der Waals surface area contributed by atoms with Crippen LogP contribution in [-0.4, -0.2) is 19.4 Å². The van der Waals surface area contributed by atoms with E-state index in [1.807, 2.05) is 6.34 Å². The second-order valence-electron chi connectivity index (χ2n) is 3.36. The molecule has 0 spiro atoms. The number of aliphatic imine (C=N–C) groups is 1. The lowest BCUT2D eigenvalue weighted by Crippen LogP contribution is -2.27. The molecule has 0 radical (unpaired) electrons. The van der Waals surface area contributed by atoms with Crippen LogP contribution in [0, 0.1) is 6.92 Å². The van der Waals surface area contributed by atoms with E-state index >= 15 is 0 Å². The minimum absolute atomic E-state index is 0.975. The molecule has 0 aromatic heterocycles. The number of rotatable bonds is 1. The quantitative estimate of drug-likeness (QED) is 0.637. The van der Waals surface area contributed by atoms with E-state index in [9.17, 15) is 0 Å². The highest BCUT2D eigenvalue weighted by Gasteiger charge is 2.08. The van der Waals surface area contributed by atoms with Crippen molar-refractivity contribution in [3.05, 3.63) is 29.8 Å². The van der Waals surface area contributed by atoms with Crippen LogP contribution in [0.3, 0.4) is 0 Å².